The molecule has 1 saturated carbocycles. The van der Waals surface area contributed by atoms with Gasteiger partial charge in [-0.1, -0.05) is 12.8 Å². The zero-order valence-corrected chi connectivity index (χ0v) is 19.2. The van der Waals surface area contributed by atoms with Crippen LogP contribution in [0, 0.1) is 0 Å². The van der Waals surface area contributed by atoms with Crippen LogP contribution in [0.15, 0.2) is 29.1 Å². The smallest absolute Gasteiger partial charge is 0.345 e. The van der Waals surface area contributed by atoms with Gasteiger partial charge in [0.25, 0.3) is 5.91 Å². The molecule has 0 unspecified atom stereocenters. The number of rotatable bonds is 4. The maximum Gasteiger partial charge on any atom is 0.345 e. The van der Waals surface area contributed by atoms with Crippen molar-refractivity contribution >= 4 is 5.91 Å². The van der Waals surface area contributed by atoms with Crippen LogP contribution in [0.1, 0.15) is 66.8 Å². The number of hydrogen-bond acceptors (Lipinski definition) is 6. The second-order valence-corrected chi connectivity index (χ2v) is 9.37. The van der Waals surface area contributed by atoms with Gasteiger partial charge in [0.2, 0.25) is 6.79 Å². The van der Waals surface area contributed by atoms with Gasteiger partial charge in [-0.3, -0.25) is 14.5 Å². The molecular formula is C24H28N6O4. The highest BCUT2D eigenvalue weighted by molar-refractivity contribution is 5.93. The Bertz CT molecular complexity index is 1280. The SMILES string of the molecule is Cn1nc(C2CCN(C(=O)c3cc(-c4ccc5c(c4)OCO5)n[nH]3)CC2)n(C2CCCC2)c1=O. The molecule has 1 amide bonds. The van der Waals surface area contributed by atoms with E-state index in [1.54, 1.807) is 13.1 Å². The third-order valence-corrected chi connectivity index (χ3v) is 7.30. The van der Waals surface area contributed by atoms with E-state index >= 15 is 0 Å². The van der Waals surface area contributed by atoms with E-state index in [-0.39, 0.29) is 30.3 Å². The minimum absolute atomic E-state index is 0.0195. The van der Waals surface area contributed by atoms with Gasteiger partial charge in [0.1, 0.15) is 11.5 Å². The summed E-state index contributed by atoms with van der Waals surface area (Å²) in [4.78, 5) is 27.7. The number of nitrogens with zero attached hydrogens (tertiary/aromatic N) is 5. The van der Waals surface area contributed by atoms with Gasteiger partial charge in [0, 0.05) is 37.7 Å². The Morgan fingerprint density at radius 2 is 1.82 bits per heavy atom. The van der Waals surface area contributed by atoms with Crippen LogP contribution >= 0.6 is 0 Å². The van der Waals surface area contributed by atoms with Crippen LogP contribution in [0.25, 0.3) is 11.3 Å². The quantitative estimate of drug-likeness (QED) is 0.636. The first-order chi connectivity index (χ1) is 16.6. The number of carbonyl (C=O) groups is 1. The lowest BCUT2D eigenvalue weighted by molar-refractivity contribution is 0.0703. The summed E-state index contributed by atoms with van der Waals surface area (Å²) in [5.74, 6) is 2.40. The zero-order chi connectivity index (χ0) is 23.2. The van der Waals surface area contributed by atoms with Crippen molar-refractivity contribution in [3.8, 4) is 22.8 Å². The number of amides is 1. The fourth-order valence-corrected chi connectivity index (χ4v) is 5.43. The molecule has 0 bridgehead atoms. The third kappa shape index (κ3) is 3.57. The van der Waals surface area contributed by atoms with Crippen LogP contribution in [0.3, 0.4) is 0 Å². The zero-order valence-electron chi connectivity index (χ0n) is 19.2. The molecule has 1 N–H and O–H groups in total. The first-order valence-corrected chi connectivity index (χ1v) is 12.0. The number of piperidine rings is 1. The summed E-state index contributed by atoms with van der Waals surface area (Å²) in [5, 5.41) is 11.8. The molecule has 1 aromatic carbocycles. The van der Waals surface area contributed by atoms with Gasteiger partial charge in [0.15, 0.2) is 11.5 Å². The van der Waals surface area contributed by atoms with Gasteiger partial charge in [-0.25, -0.2) is 9.48 Å². The van der Waals surface area contributed by atoms with E-state index in [9.17, 15) is 9.59 Å². The number of ether oxygens (including phenoxy) is 2. The number of hydrogen-bond donors (Lipinski definition) is 1. The Labute approximate surface area is 196 Å². The number of nitrogens with one attached hydrogen (secondary N) is 1. The van der Waals surface area contributed by atoms with Crippen molar-refractivity contribution in [1.29, 1.82) is 0 Å². The number of fused-ring (bicyclic) bond motifs is 1. The molecule has 10 heteroatoms. The monoisotopic (exact) mass is 464 g/mol. The summed E-state index contributed by atoms with van der Waals surface area (Å²) >= 11 is 0. The average Bonchev–Trinajstić information content (AvgIpc) is 3.66. The summed E-state index contributed by atoms with van der Waals surface area (Å²) in [6, 6.07) is 7.66. The van der Waals surface area contributed by atoms with Gasteiger partial charge in [-0.2, -0.15) is 10.2 Å². The van der Waals surface area contributed by atoms with E-state index in [0.717, 1.165) is 49.9 Å². The standard InChI is InChI=1S/C24H28N6O4/c1-28-24(32)30(17-4-2-3-5-17)22(27-28)15-8-10-29(11-9-15)23(31)19-13-18(25-26-19)16-6-7-20-21(12-16)34-14-33-20/h6-7,12-13,15,17H,2-5,8-11,14H2,1H3,(H,25,26). The average molecular weight is 465 g/mol. The van der Waals surface area contributed by atoms with E-state index in [1.165, 1.54) is 4.68 Å². The fourth-order valence-electron chi connectivity index (χ4n) is 5.43. The molecule has 2 aliphatic heterocycles. The molecule has 0 radical (unpaired) electrons. The van der Waals surface area contributed by atoms with E-state index in [2.05, 4.69) is 15.3 Å². The molecule has 6 rings (SSSR count). The van der Waals surface area contributed by atoms with Crippen LogP contribution in [-0.2, 0) is 7.05 Å². The molecule has 4 heterocycles. The Hall–Kier alpha value is -3.56. The molecule has 10 nitrogen and oxygen atoms in total. The molecule has 178 valence electrons. The minimum atomic E-state index is -0.0628. The van der Waals surface area contributed by atoms with Crippen molar-refractivity contribution in [2.75, 3.05) is 19.9 Å². The summed E-state index contributed by atoms with van der Waals surface area (Å²) in [6.07, 6.45) is 5.99. The number of H-pyrrole nitrogens is 1. The van der Waals surface area contributed by atoms with Gasteiger partial charge in [-0.15, -0.1) is 0 Å². The van der Waals surface area contributed by atoms with Crippen molar-refractivity contribution < 1.29 is 14.3 Å². The highest BCUT2D eigenvalue weighted by Crippen LogP contribution is 2.36. The summed E-state index contributed by atoms with van der Waals surface area (Å²) in [7, 11) is 1.73. The van der Waals surface area contributed by atoms with Gasteiger partial charge < -0.3 is 14.4 Å². The molecule has 0 spiro atoms. The second-order valence-electron chi connectivity index (χ2n) is 9.37. The third-order valence-electron chi connectivity index (χ3n) is 7.30. The second kappa shape index (κ2) is 8.34. The Kier molecular flexibility index (Phi) is 5.15. The first kappa shape index (κ1) is 21.0. The summed E-state index contributed by atoms with van der Waals surface area (Å²) in [6.45, 7) is 1.46. The van der Waals surface area contributed by atoms with Crippen molar-refractivity contribution in [1.82, 2.24) is 29.4 Å². The Morgan fingerprint density at radius 3 is 2.62 bits per heavy atom. The lowest BCUT2D eigenvalue weighted by Gasteiger charge is -2.31. The number of aryl methyl sites for hydroxylation is 1. The number of aromatic nitrogens is 5. The molecule has 1 aliphatic carbocycles. The highest BCUT2D eigenvalue weighted by Gasteiger charge is 2.32. The van der Waals surface area contributed by atoms with E-state index in [0.29, 0.717) is 36.0 Å². The van der Waals surface area contributed by atoms with Crippen molar-refractivity contribution in [3.05, 3.63) is 46.3 Å². The molecule has 2 aromatic heterocycles. The predicted octanol–water partition coefficient (Wildman–Crippen LogP) is 2.84. The Balaban J connectivity index is 1.15. The van der Waals surface area contributed by atoms with Crippen LogP contribution in [0.4, 0.5) is 0 Å². The van der Waals surface area contributed by atoms with Crippen LogP contribution in [-0.4, -0.2) is 55.2 Å². The molecule has 2 fully saturated rings. The summed E-state index contributed by atoms with van der Waals surface area (Å²) < 4.78 is 14.2. The van der Waals surface area contributed by atoms with Gasteiger partial charge >= 0.3 is 5.69 Å². The number of benzene rings is 1. The molecular weight excluding hydrogens is 436 g/mol. The van der Waals surface area contributed by atoms with Crippen molar-refractivity contribution in [2.24, 2.45) is 7.05 Å². The number of aromatic amines is 1. The lowest BCUT2D eigenvalue weighted by atomic mass is 9.95. The molecule has 34 heavy (non-hydrogen) atoms. The number of carbonyl (C=O) groups excluding carboxylic acids is 1. The van der Waals surface area contributed by atoms with Crippen LogP contribution < -0.4 is 15.2 Å². The maximum absolute atomic E-state index is 13.1. The van der Waals surface area contributed by atoms with Gasteiger partial charge in [0.05, 0.1) is 5.69 Å². The molecule has 0 atom stereocenters. The summed E-state index contributed by atoms with van der Waals surface area (Å²) in [5.41, 5.74) is 1.99. The van der Waals surface area contributed by atoms with Crippen LogP contribution in [0.5, 0.6) is 11.5 Å². The predicted molar refractivity (Wildman–Crippen MR) is 123 cm³/mol. The van der Waals surface area contributed by atoms with Crippen molar-refractivity contribution in [2.45, 2.75) is 50.5 Å². The molecule has 3 aliphatic rings. The minimum Gasteiger partial charge on any atom is -0.454 e. The fraction of sp³-hybridized carbons (Fsp3) is 0.500. The van der Waals surface area contributed by atoms with Crippen molar-refractivity contribution in [3.63, 3.8) is 0 Å². The highest BCUT2D eigenvalue weighted by atomic mass is 16.7. The molecule has 1 saturated heterocycles. The normalized spacial score (nSPS) is 18.7. The number of likely N-dealkylation sites (tertiary alicyclic amines) is 1. The van der Waals surface area contributed by atoms with Gasteiger partial charge in [-0.05, 0) is 49.9 Å². The Morgan fingerprint density at radius 1 is 1.06 bits per heavy atom. The largest absolute Gasteiger partial charge is 0.454 e. The maximum atomic E-state index is 13.1. The first-order valence-electron chi connectivity index (χ1n) is 12.0. The van der Waals surface area contributed by atoms with E-state index in [1.807, 2.05) is 27.7 Å². The van der Waals surface area contributed by atoms with Crippen LogP contribution in [0.2, 0.25) is 0 Å². The molecule has 3 aromatic rings. The lowest BCUT2D eigenvalue weighted by Crippen LogP contribution is -2.39. The van der Waals surface area contributed by atoms with E-state index < -0.39 is 0 Å². The topological polar surface area (TPSA) is 107 Å². The van der Waals surface area contributed by atoms with E-state index in [4.69, 9.17) is 9.47 Å².